The van der Waals surface area contributed by atoms with Crippen LogP contribution in [-0.2, 0) is 13.2 Å². The van der Waals surface area contributed by atoms with Crippen molar-refractivity contribution in [1.29, 1.82) is 0 Å². The standard InChI is InChI=1S/C22H24F3N5S/c1-14-10-17(31-16-6-4-3-5-7-16)8-9-19(14)28-21-26-12-18(22(23,24)25)20(29-21)15-11-27-30(2)13-15/h8-13,16H,3-7H2,1-2H3,(H,26,28,29). The summed E-state index contributed by atoms with van der Waals surface area (Å²) in [5.74, 6) is 0.114. The Kier molecular flexibility index (Phi) is 6.22. The van der Waals surface area contributed by atoms with Crippen LogP contribution in [0.1, 0.15) is 43.2 Å². The molecule has 9 heteroatoms. The molecular formula is C22H24F3N5S. The Morgan fingerprint density at radius 2 is 1.90 bits per heavy atom. The Hall–Kier alpha value is -2.55. The molecule has 2 aromatic heterocycles. The maximum absolute atomic E-state index is 13.5. The van der Waals surface area contributed by atoms with E-state index in [0.29, 0.717) is 5.25 Å². The Morgan fingerprint density at radius 3 is 2.55 bits per heavy atom. The third kappa shape index (κ3) is 5.20. The summed E-state index contributed by atoms with van der Waals surface area (Å²) in [5.41, 5.74) is 0.968. The molecule has 0 radical (unpaired) electrons. The van der Waals surface area contributed by atoms with Crippen LogP contribution in [0.15, 0.2) is 41.7 Å². The van der Waals surface area contributed by atoms with Crippen LogP contribution in [0, 0.1) is 6.92 Å². The van der Waals surface area contributed by atoms with Crippen LogP contribution >= 0.6 is 11.8 Å². The van der Waals surface area contributed by atoms with Crippen LogP contribution in [0.5, 0.6) is 0 Å². The van der Waals surface area contributed by atoms with Crippen molar-refractivity contribution in [2.24, 2.45) is 7.05 Å². The largest absolute Gasteiger partial charge is 0.419 e. The molecule has 0 unspecified atom stereocenters. The monoisotopic (exact) mass is 447 g/mol. The molecule has 5 nitrogen and oxygen atoms in total. The molecule has 4 rings (SSSR count). The van der Waals surface area contributed by atoms with Gasteiger partial charge in [0.2, 0.25) is 5.95 Å². The number of thioether (sulfide) groups is 1. The fourth-order valence-corrected chi connectivity index (χ4v) is 5.10. The zero-order valence-electron chi connectivity index (χ0n) is 17.4. The molecule has 0 amide bonds. The number of benzene rings is 1. The van der Waals surface area contributed by atoms with E-state index in [-0.39, 0.29) is 17.2 Å². The van der Waals surface area contributed by atoms with Crippen LogP contribution in [0.4, 0.5) is 24.8 Å². The average molecular weight is 448 g/mol. The van der Waals surface area contributed by atoms with E-state index >= 15 is 0 Å². The van der Waals surface area contributed by atoms with E-state index in [4.69, 9.17) is 0 Å². The second-order valence-electron chi connectivity index (χ2n) is 7.84. The Bertz CT molecular complexity index is 1060. The number of aryl methyl sites for hydroxylation is 2. The smallest absolute Gasteiger partial charge is 0.324 e. The van der Waals surface area contributed by atoms with E-state index in [0.717, 1.165) is 17.4 Å². The van der Waals surface area contributed by atoms with Crippen LogP contribution in [0.2, 0.25) is 0 Å². The number of anilines is 2. The summed E-state index contributed by atoms with van der Waals surface area (Å²) in [6.07, 6.45) is 5.54. The lowest BCUT2D eigenvalue weighted by molar-refractivity contribution is -0.137. The van der Waals surface area contributed by atoms with Gasteiger partial charge in [0.05, 0.1) is 11.9 Å². The quantitative estimate of drug-likeness (QED) is 0.492. The molecule has 1 aliphatic carbocycles. The van der Waals surface area contributed by atoms with E-state index < -0.39 is 11.7 Å². The third-order valence-electron chi connectivity index (χ3n) is 5.37. The molecule has 1 saturated carbocycles. The molecule has 1 aliphatic rings. The van der Waals surface area contributed by atoms with Crippen molar-refractivity contribution in [3.05, 3.63) is 47.9 Å². The maximum Gasteiger partial charge on any atom is 0.419 e. The number of hydrogen-bond acceptors (Lipinski definition) is 5. The van der Waals surface area contributed by atoms with Crippen LogP contribution < -0.4 is 5.32 Å². The van der Waals surface area contributed by atoms with Gasteiger partial charge in [0.15, 0.2) is 0 Å². The van der Waals surface area contributed by atoms with E-state index in [9.17, 15) is 13.2 Å². The molecule has 31 heavy (non-hydrogen) atoms. The molecule has 0 saturated heterocycles. The highest BCUT2D eigenvalue weighted by Gasteiger charge is 2.35. The summed E-state index contributed by atoms with van der Waals surface area (Å²) in [7, 11) is 1.65. The van der Waals surface area contributed by atoms with Gasteiger partial charge >= 0.3 is 6.18 Å². The van der Waals surface area contributed by atoms with Gasteiger partial charge in [-0.3, -0.25) is 4.68 Å². The SMILES string of the molecule is Cc1cc(SC2CCCCC2)ccc1Nc1ncc(C(F)(F)F)c(-c2cnn(C)c2)n1. The van der Waals surface area contributed by atoms with Gasteiger partial charge in [0.1, 0.15) is 5.56 Å². The van der Waals surface area contributed by atoms with Crippen molar-refractivity contribution < 1.29 is 13.2 Å². The van der Waals surface area contributed by atoms with E-state index in [1.807, 2.05) is 30.8 Å². The highest BCUT2D eigenvalue weighted by molar-refractivity contribution is 8.00. The first-order chi connectivity index (χ1) is 14.8. The lowest BCUT2D eigenvalue weighted by atomic mass is 10.0. The molecule has 2 heterocycles. The Balaban J connectivity index is 1.57. The number of aromatic nitrogens is 4. The van der Waals surface area contributed by atoms with Gasteiger partial charge in [0.25, 0.3) is 0 Å². The number of nitrogens with one attached hydrogen (secondary N) is 1. The molecule has 0 spiro atoms. The van der Waals surface area contributed by atoms with Gasteiger partial charge in [-0.25, -0.2) is 9.97 Å². The lowest BCUT2D eigenvalue weighted by Gasteiger charge is -2.21. The average Bonchev–Trinajstić information content (AvgIpc) is 3.16. The molecule has 0 atom stereocenters. The number of halogens is 3. The fraction of sp³-hybridized carbons (Fsp3) is 0.409. The summed E-state index contributed by atoms with van der Waals surface area (Å²) in [4.78, 5) is 9.30. The molecule has 164 valence electrons. The summed E-state index contributed by atoms with van der Waals surface area (Å²) < 4.78 is 41.9. The predicted octanol–water partition coefficient (Wildman–Crippen LogP) is 6.37. The Morgan fingerprint density at radius 1 is 1.13 bits per heavy atom. The van der Waals surface area contributed by atoms with Gasteiger partial charge in [-0.2, -0.15) is 18.3 Å². The van der Waals surface area contributed by atoms with Crippen molar-refractivity contribution in [2.75, 3.05) is 5.32 Å². The molecule has 1 fully saturated rings. The van der Waals surface area contributed by atoms with Gasteiger partial charge in [-0.1, -0.05) is 19.3 Å². The highest BCUT2D eigenvalue weighted by Crippen LogP contribution is 2.37. The molecular weight excluding hydrogens is 423 g/mol. The highest BCUT2D eigenvalue weighted by atomic mass is 32.2. The zero-order chi connectivity index (χ0) is 22.0. The maximum atomic E-state index is 13.5. The summed E-state index contributed by atoms with van der Waals surface area (Å²) in [5, 5.41) is 7.70. The first-order valence-corrected chi connectivity index (χ1v) is 11.1. The van der Waals surface area contributed by atoms with Gasteiger partial charge < -0.3 is 5.32 Å². The topological polar surface area (TPSA) is 55.6 Å². The minimum Gasteiger partial charge on any atom is -0.324 e. The minimum atomic E-state index is -4.56. The second-order valence-corrected chi connectivity index (χ2v) is 9.21. The summed E-state index contributed by atoms with van der Waals surface area (Å²) in [6, 6.07) is 6.08. The van der Waals surface area contributed by atoms with Crippen LogP contribution in [0.25, 0.3) is 11.3 Å². The van der Waals surface area contributed by atoms with E-state index in [1.165, 1.54) is 54.1 Å². The lowest BCUT2D eigenvalue weighted by Crippen LogP contribution is -2.11. The van der Waals surface area contributed by atoms with Crippen LogP contribution in [0.3, 0.4) is 0 Å². The molecule has 1 aromatic carbocycles. The fourth-order valence-electron chi connectivity index (χ4n) is 3.76. The molecule has 0 bridgehead atoms. The Labute approximate surface area is 183 Å². The molecule has 3 aromatic rings. The zero-order valence-corrected chi connectivity index (χ0v) is 18.2. The number of rotatable bonds is 5. The van der Waals surface area contributed by atoms with E-state index in [2.05, 4.69) is 26.4 Å². The number of nitrogens with zero attached hydrogens (tertiary/aromatic N) is 4. The van der Waals surface area contributed by atoms with Gasteiger partial charge in [0, 0.05) is 40.8 Å². The number of alkyl halides is 3. The molecule has 1 N–H and O–H groups in total. The van der Waals surface area contributed by atoms with Gasteiger partial charge in [-0.05, 0) is 43.5 Å². The summed E-state index contributed by atoms with van der Waals surface area (Å²) in [6.45, 7) is 1.97. The summed E-state index contributed by atoms with van der Waals surface area (Å²) >= 11 is 1.91. The second kappa shape index (κ2) is 8.90. The normalized spacial score (nSPS) is 15.3. The van der Waals surface area contributed by atoms with Crippen molar-refractivity contribution in [3.8, 4) is 11.3 Å². The first kappa shape index (κ1) is 21.7. The van der Waals surface area contributed by atoms with Crippen LogP contribution in [-0.4, -0.2) is 25.0 Å². The number of hydrogen-bond donors (Lipinski definition) is 1. The van der Waals surface area contributed by atoms with Crippen molar-refractivity contribution in [1.82, 2.24) is 19.7 Å². The van der Waals surface area contributed by atoms with Gasteiger partial charge in [-0.15, -0.1) is 11.8 Å². The van der Waals surface area contributed by atoms with Crippen molar-refractivity contribution >= 4 is 23.4 Å². The van der Waals surface area contributed by atoms with Crippen molar-refractivity contribution in [3.63, 3.8) is 0 Å². The minimum absolute atomic E-state index is 0.114. The first-order valence-electron chi connectivity index (χ1n) is 10.3. The molecule has 0 aliphatic heterocycles. The van der Waals surface area contributed by atoms with E-state index in [1.54, 1.807) is 7.05 Å². The third-order valence-corrected chi connectivity index (χ3v) is 6.70. The van der Waals surface area contributed by atoms with Crippen molar-refractivity contribution in [2.45, 2.75) is 55.3 Å². The predicted molar refractivity (Wildman–Crippen MR) is 116 cm³/mol.